The summed E-state index contributed by atoms with van der Waals surface area (Å²) in [6, 6.07) is 34.4. The Bertz CT molecular complexity index is 1380. The number of para-hydroxylation sites is 2. The van der Waals surface area contributed by atoms with Gasteiger partial charge in [-0.25, -0.2) is 0 Å². The Hall–Kier alpha value is -3.23. The third-order valence-electron chi connectivity index (χ3n) is 5.89. The molecule has 0 amide bonds. The molecule has 0 saturated heterocycles. The van der Waals surface area contributed by atoms with Crippen molar-refractivity contribution < 1.29 is 0 Å². The Kier molecular flexibility index (Phi) is 6.82. The zero-order valence-electron chi connectivity index (χ0n) is 19.2. The maximum absolute atomic E-state index is 2.35. The summed E-state index contributed by atoms with van der Waals surface area (Å²) < 4.78 is 2.35. The normalized spacial score (nSPS) is 11.4. The van der Waals surface area contributed by atoms with Gasteiger partial charge in [-0.1, -0.05) is 66.7 Å². The van der Waals surface area contributed by atoms with E-state index in [1.165, 1.54) is 49.1 Å². The van der Waals surface area contributed by atoms with Crippen molar-refractivity contribution in [2.75, 3.05) is 6.26 Å². The molecule has 0 radical (unpaired) electrons. The van der Waals surface area contributed by atoms with Gasteiger partial charge in [0.1, 0.15) is 0 Å². The van der Waals surface area contributed by atoms with Gasteiger partial charge in [0.05, 0.1) is 11.0 Å². The number of rotatable bonds is 3. The van der Waals surface area contributed by atoms with Gasteiger partial charge in [-0.05, 0) is 80.1 Å². The number of aromatic nitrogens is 1. The molecule has 5 aromatic rings. The van der Waals surface area contributed by atoms with Crippen LogP contribution >= 0.6 is 11.8 Å². The largest absolute Gasteiger partial charge is 0.309 e. The Balaban J connectivity index is 0.000000230. The third-order valence-corrected chi connectivity index (χ3v) is 6.79. The van der Waals surface area contributed by atoms with E-state index in [9.17, 15) is 0 Å². The highest BCUT2D eigenvalue weighted by Crippen LogP contribution is 2.33. The molecule has 32 heavy (non-hydrogen) atoms. The van der Waals surface area contributed by atoms with E-state index in [1.54, 1.807) is 11.8 Å². The molecule has 0 saturated carbocycles. The van der Waals surface area contributed by atoms with E-state index in [-0.39, 0.29) is 0 Å². The molecule has 0 aliphatic rings. The van der Waals surface area contributed by atoms with Crippen molar-refractivity contribution in [2.45, 2.75) is 25.7 Å². The molecule has 1 aromatic heterocycles. The zero-order valence-corrected chi connectivity index (χ0v) is 20.0. The van der Waals surface area contributed by atoms with Crippen molar-refractivity contribution in [3.05, 3.63) is 114 Å². The first-order valence-electron chi connectivity index (χ1n) is 11.0. The van der Waals surface area contributed by atoms with Crippen molar-refractivity contribution in [1.82, 2.24) is 4.57 Å². The minimum Gasteiger partial charge on any atom is -0.309 e. The van der Waals surface area contributed by atoms with Crippen molar-refractivity contribution in [3.63, 3.8) is 0 Å². The molecule has 2 heteroatoms. The summed E-state index contributed by atoms with van der Waals surface area (Å²) >= 11 is 1.80. The molecule has 0 atom stereocenters. The fourth-order valence-electron chi connectivity index (χ4n) is 4.03. The summed E-state index contributed by atoms with van der Waals surface area (Å²) in [5.41, 5.74) is 7.67. The van der Waals surface area contributed by atoms with Crippen LogP contribution in [0.5, 0.6) is 0 Å². The monoisotopic (exact) mass is 435 g/mol. The summed E-state index contributed by atoms with van der Waals surface area (Å²) in [4.78, 5) is 1.37. The van der Waals surface area contributed by atoms with Gasteiger partial charge < -0.3 is 4.57 Å². The minimum atomic E-state index is 1.20. The second-order valence-electron chi connectivity index (χ2n) is 7.86. The molecule has 160 valence electrons. The molecule has 0 bridgehead atoms. The maximum atomic E-state index is 2.35. The highest BCUT2D eigenvalue weighted by atomic mass is 32.2. The van der Waals surface area contributed by atoms with Gasteiger partial charge in [0.15, 0.2) is 0 Å². The number of aryl methyl sites for hydroxylation is 1. The SMILES string of the molecule is C/C=C(\C)c1ccc2c(c1)c1ccccc1n2-c1ccccc1.CSc1ccccc1C. The second kappa shape index (κ2) is 9.93. The summed E-state index contributed by atoms with van der Waals surface area (Å²) in [5.74, 6) is 0. The summed E-state index contributed by atoms with van der Waals surface area (Å²) in [5, 5.41) is 2.61. The van der Waals surface area contributed by atoms with E-state index in [0.29, 0.717) is 0 Å². The van der Waals surface area contributed by atoms with Gasteiger partial charge in [-0.2, -0.15) is 0 Å². The molecular weight excluding hydrogens is 406 g/mol. The number of fused-ring (bicyclic) bond motifs is 3. The fourth-order valence-corrected chi connectivity index (χ4v) is 4.63. The zero-order chi connectivity index (χ0) is 22.5. The second-order valence-corrected chi connectivity index (χ2v) is 8.71. The van der Waals surface area contributed by atoms with Crippen LogP contribution in [0.25, 0.3) is 33.1 Å². The molecule has 1 nitrogen and oxygen atoms in total. The number of hydrogen-bond acceptors (Lipinski definition) is 1. The van der Waals surface area contributed by atoms with Crippen LogP contribution < -0.4 is 0 Å². The van der Waals surface area contributed by atoms with Crippen LogP contribution in [0.4, 0.5) is 0 Å². The fraction of sp³-hybridized carbons (Fsp3) is 0.133. The lowest BCUT2D eigenvalue weighted by Crippen LogP contribution is -1.92. The molecule has 5 rings (SSSR count). The van der Waals surface area contributed by atoms with Crippen LogP contribution in [0.2, 0.25) is 0 Å². The lowest BCUT2D eigenvalue weighted by atomic mass is 10.0. The van der Waals surface area contributed by atoms with E-state index in [0.717, 1.165) is 0 Å². The summed E-state index contributed by atoms with van der Waals surface area (Å²) in [7, 11) is 0. The van der Waals surface area contributed by atoms with Crippen molar-refractivity contribution in [3.8, 4) is 5.69 Å². The Morgan fingerprint density at radius 3 is 2.09 bits per heavy atom. The van der Waals surface area contributed by atoms with Crippen molar-refractivity contribution >= 4 is 39.1 Å². The molecule has 0 aliphatic carbocycles. The van der Waals surface area contributed by atoms with Gasteiger partial charge in [-0.15, -0.1) is 11.8 Å². The molecular formula is C30H29NS. The summed E-state index contributed by atoms with van der Waals surface area (Å²) in [6.45, 7) is 6.39. The molecule has 0 aliphatic heterocycles. The van der Waals surface area contributed by atoms with E-state index in [1.807, 2.05) is 0 Å². The maximum Gasteiger partial charge on any atom is 0.0541 e. The highest BCUT2D eigenvalue weighted by molar-refractivity contribution is 7.98. The Morgan fingerprint density at radius 1 is 0.750 bits per heavy atom. The lowest BCUT2D eigenvalue weighted by Gasteiger charge is -2.08. The smallest absolute Gasteiger partial charge is 0.0541 e. The average Bonchev–Trinajstić information content (AvgIpc) is 3.18. The number of thioether (sulfide) groups is 1. The number of allylic oxidation sites excluding steroid dienone is 2. The van der Waals surface area contributed by atoms with Gasteiger partial charge >= 0.3 is 0 Å². The molecule has 0 unspecified atom stereocenters. The number of hydrogen-bond donors (Lipinski definition) is 0. The summed E-state index contributed by atoms with van der Waals surface area (Å²) in [6.07, 6.45) is 4.26. The molecule has 1 heterocycles. The van der Waals surface area contributed by atoms with Crippen LogP contribution in [-0.2, 0) is 0 Å². The predicted octanol–water partition coefficient (Wildman–Crippen LogP) is 8.92. The van der Waals surface area contributed by atoms with Gasteiger partial charge in [-0.3, -0.25) is 0 Å². The van der Waals surface area contributed by atoms with Crippen LogP contribution in [0, 0.1) is 6.92 Å². The Labute approximate surface area is 195 Å². The van der Waals surface area contributed by atoms with E-state index in [2.05, 4.69) is 135 Å². The molecule has 4 aromatic carbocycles. The van der Waals surface area contributed by atoms with E-state index in [4.69, 9.17) is 0 Å². The average molecular weight is 436 g/mol. The molecule has 0 N–H and O–H groups in total. The molecule has 0 spiro atoms. The van der Waals surface area contributed by atoms with Crippen LogP contribution in [0.15, 0.2) is 108 Å². The van der Waals surface area contributed by atoms with Crippen molar-refractivity contribution in [1.29, 1.82) is 0 Å². The van der Waals surface area contributed by atoms with E-state index >= 15 is 0 Å². The predicted molar refractivity (Wildman–Crippen MR) is 143 cm³/mol. The highest BCUT2D eigenvalue weighted by Gasteiger charge is 2.12. The molecule has 0 fully saturated rings. The lowest BCUT2D eigenvalue weighted by molar-refractivity contribution is 1.18. The standard InChI is InChI=1S/C22H19N.C8H10S/c1-3-16(2)17-13-14-22-20(15-17)19-11-7-8-12-21(19)23(22)18-9-5-4-6-10-18;1-7-5-3-4-6-8(7)9-2/h3-15H,1-2H3;3-6H,1-2H3/b16-3+;. The van der Waals surface area contributed by atoms with Crippen LogP contribution in [0.1, 0.15) is 25.0 Å². The quantitative estimate of drug-likeness (QED) is 0.256. The van der Waals surface area contributed by atoms with Crippen molar-refractivity contribution in [2.24, 2.45) is 0 Å². The van der Waals surface area contributed by atoms with E-state index < -0.39 is 0 Å². The third kappa shape index (κ3) is 4.37. The Morgan fingerprint density at radius 2 is 1.41 bits per heavy atom. The topological polar surface area (TPSA) is 4.93 Å². The minimum absolute atomic E-state index is 1.20. The number of benzene rings is 4. The first kappa shape index (κ1) is 22.0. The van der Waals surface area contributed by atoms with Crippen LogP contribution in [-0.4, -0.2) is 10.8 Å². The van der Waals surface area contributed by atoms with Gasteiger partial charge in [0.2, 0.25) is 0 Å². The number of nitrogens with zero attached hydrogens (tertiary/aromatic N) is 1. The first-order valence-corrected chi connectivity index (χ1v) is 12.2. The van der Waals surface area contributed by atoms with Crippen LogP contribution in [0.3, 0.4) is 0 Å². The van der Waals surface area contributed by atoms with Gasteiger partial charge in [0, 0.05) is 21.4 Å². The first-order chi connectivity index (χ1) is 15.6. The van der Waals surface area contributed by atoms with Gasteiger partial charge in [0.25, 0.3) is 0 Å².